The quantitative estimate of drug-likeness (QED) is 0.432. The average Bonchev–Trinajstić information content (AvgIpc) is 3.16. The third-order valence-electron chi connectivity index (χ3n) is 3.93. The molecule has 10 nitrogen and oxygen atoms in total. The van der Waals surface area contributed by atoms with Gasteiger partial charge in [0.2, 0.25) is 0 Å². The van der Waals surface area contributed by atoms with E-state index in [1.165, 1.54) is 30.6 Å². The van der Waals surface area contributed by atoms with Gasteiger partial charge in [-0.15, -0.1) is 0 Å². The lowest BCUT2D eigenvalue weighted by molar-refractivity contribution is -0.385. The number of benzene rings is 2. The van der Waals surface area contributed by atoms with Gasteiger partial charge < -0.3 is 4.98 Å². The Morgan fingerprint density at radius 2 is 1.48 bits per heavy atom. The van der Waals surface area contributed by atoms with Crippen molar-refractivity contribution in [2.24, 2.45) is 0 Å². The fraction of sp³-hybridized carbons (Fsp3) is 0. The number of H-pyrrole nitrogens is 1. The summed E-state index contributed by atoms with van der Waals surface area (Å²) in [5.41, 5.74) is 2.08. The number of non-ortho nitro benzene ring substituents is 2. The van der Waals surface area contributed by atoms with Gasteiger partial charge in [-0.05, 0) is 0 Å². The van der Waals surface area contributed by atoms with Crippen LogP contribution in [0.3, 0.4) is 0 Å². The molecule has 0 unspecified atom stereocenters. The van der Waals surface area contributed by atoms with Gasteiger partial charge in [-0.2, -0.15) is 0 Å². The number of hydrogen-bond acceptors (Lipinski definition) is 7. The largest absolute Gasteiger partial charge is 0.341 e. The molecule has 0 fully saturated rings. The van der Waals surface area contributed by atoms with E-state index in [0.29, 0.717) is 28.0 Å². The maximum atomic E-state index is 11.1. The van der Waals surface area contributed by atoms with Crippen LogP contribution >= 0.6 is 0 Å². The SMILES string of the molecule is O=[N+]([O-])c1cccc(-c2nc(-c3cccc([N+](=O)[O-])c3)c3[nH]cnc3n2)c1. The highest BCUT2D eigenvalue weighted by Gasteiger charge is 2.17. The molecule has 0 amide bonds. The Labute approximate surface area is 150 Å². The molecule has 0 saturated carbocycles. The van der Waals surface area contributed by atoms with Crippen LogP contribution in [0.2, 0.25) is 0 Å². The number of aromatic nitrogens is 4. The van der Waals surface area contributed by atoms with E-state index in [1.807, 2.05) is 0 Å². The molecule has 0 saturated heterocycles. The van der Waals surface area contributed by atoms with Gasteiger partial charge in [0, 0.05) is 35.4 Å². The minimum Gasteiger partial charge on any atom is -0.341 e. The Balaban J connectivity index is 1.93. The Hall–Kier alpha value is -4.21. The van der Waals surface area contributed by atoms with E-state index in [2.05, 4.69) is 19.9 Å². The molecular weight excluding hydrogens is 352 g/mol. The summed E-state index contributed by atoms with van der Waals surface area (Å²) in [6.45, 7) is 0. The van der Waals surface area contributed by atoms with Crippen LogP contribution in [0.25, 0.3) is 33.8 Å². The highest BCUT2D eigenvalue weighted by atomic mass is 16.6. The predicted molar refractivity (Wildman–Crippen MR) is 95.9 cm³/mol. The summed E-state index contributed by atoms with van der Waals surface area (Å²) in [5, 5.41) is 22.1. The van der Waals surface area contributed by atoms with Gasteiger partial charge in [0.1, 0.15) is 11.2 Å². The number of nitro groups is 2. The number of fused-ring (bicyclic) bond motifs is 1. The maximum Gasteiger partial charge on any atom is 0.270 e. The molecule has 27 heavy (non-hydrogen) atoms. The normalized spacial score (nSPS) is 10.8. The van der Waals surface area contributed by atoms with E-state index in [4.69, 9.17) is 0 Å². The van der Waals surface area contributed by atoms with Gasteiger partial charge >= 0.3 is 0 Å². The zero-order valence-electron chi connectivity index (χ0n) is 13.6. The molecule has 2 heterocycles. The zero-order chi connectivity index (χ0) is 19.0. The Morgan fingerprint density at radius 3 is 2.15 bits per heavy atom. The van der Waals surface area contributed by atoms with Gasteiger partial charge in [0.05, 0.1) is 16.2 Å². The molecule has 0 bridgehead atoms. The maximum absolute atomic E-state index is 11.1. The number of nitrogens with one attached hydrogen (secondary N) is 1. The third kappa shape index (κ3) is 2.95. The fourth-order valence-electron chi connectivity index (χ4n) is 2.70. The number of rotatable bonds is 4. The van der Waals surface area contributed by atoms with E-state index in [-0.39, 0.29) is 17.2 Å². The van der Waals surface area contributed by atoms with Gasteiger partial charge in [-0.3, -0.25) is 20.2 Å². The second-order valence-electron chi connectivity index (χ2n) is 5.61. The highest BCUT2D eigenvalue weighted by Crippen LogP contribution is 2.30. The Bertz CT molecular complexity index is 1200. The Kier molecular flexibility index (Phi) is 3.77. The minimum absolute atomic E-state index is 0.0734. The van der Waals surface area contributed by atoms with Gasteiger partial charge in [-0.25, -0.2) is 15.0 Å². The van der Waals surface area contributed by atoms with Crippen LogP contribution < -0.4 is 0 Å². The molecule has 1 N–H and O–H groups in total. The molecule has 0 aliphatic heterocycles. The number of nitrogens with zero attached hydrogens (tertiary/aromatic N) is 5. The molecule has 4 rings (SSSR count). The van der Waals surface area contributed by atoms with E-state index in [9.17, 15) is 20.2 Å². The van der Waals surface area contributed by atoms with Crippen molar-refractivity contribution in [3.05, 3.63) is 75.1 Å². The lowest BCUT2D eigenvalue weighted by atomic mass is 10.1. The van der Waals surface area contributed by atoms with Crippen molar-refractivity contribution in [1.82, 2.24) is 19.9 Å². The van der Waals surface area contributed by atoms with Gasteiger partial charge in [0.15, 0.2) is 11.5 Å². The molecule has 2 aromatic carbocycles. The first-order valence-corrected chi connectivity index (χ1v) is 7.74. The van der Waals surface area contributed by atoms with Gasteiger partial charge in [0.25, 0.3) is 11.4 Å². The van der Waals surface area contributed by atoms with Crippen LogP contribution in [0, 0.1) is 20.2 Å². The van der Waals surface area contributed by atoms with Crippen molar-refractivity contribution >= 4 is 22.5 Å². The summed E-state index contributed by atoms with van der Waals surface area (Å²) in [7, 11) is 0. The molecule has 0 radical (unpaired) electrons. The third-order valence-corrected chi connectivity index (χ3v) is 3.93. The Morgan fingerprint density at radius 1 is 0.852 bits per heavy atom. The van der Waals surface area contributed by atoms with Crippen molar-refractivity contribution in [2.75, 3.05) is 0 Å². The summed E-state index contributed by atoms with van der Waals surface area (Å²) < 4.78 is 0. The van der Waals surface area contributed by atoms with E-state index in [1.54, 1.807) is 24.3 Å². The van der Waals surface area contributed by atoms with Crippen molar-refractivity contribution in [2.45, 2.75) is 0 Å². The standard InChI is InChI=1S/C17H10N6O4/c24-22(25)12-5-1-3-10(7-12)14-15-17(19-9-18-15)21-16(20-14)11-4-2-6-13(8-11)23(26)27/h1-9H,(H,18,19,20,21). The molecule has 2 aromatic heterocycles. The van der Waals surface area contributed by atoms with Crippen molar-refractivity contribution < 1.29 is 9.85 Å². The number of nitro benzene ring substituents is 2. The zero-order valence-corrected chi connectivity index (χ0v) is 13.6. The summed E-state index contributed by atoms with van der Waals surface area (Å²) in [6.07, 6.45) is 1.44. The number of hydrogen-bond donors (Lipinski definition) is 1. The fourth-order valence-corrected chi connectivity index (χ4v) is 2.70. The molecule has 0 spiro atoms. The summed E-state index contributed by atoms with van der Waals surface area (Å²) >= 11 is 0. The van der Waals surface area contributed by atoms with Crippen LogP contribution in [0.4, 0.5) is 11.4 Å². The van der Waals surface area contributed by atoms with Crippen molar-refractivity contribution in [3.63, 3.8) is 0 Å². The van der Waals surface area contributed by atoms with Crippen LogP contribution in [0.15, 0.2) is 54.9 Å². The van der Waals surface area contributed by atoms with E-state index in [0.717, 1.165) is 0 Å². The molecular formula is C17H10N6O4. The van der Waals surface area contributed by atoms with Crippen molar-refractivity contribution in [1.29, 1.82) is 0 Å². The van der Waals surface area contributed by atoms with Crippen LogP contribution in [0.5, 0.6) is 0 Å². The molecule has 0 atom stereocenters. The topological polar surface area (TPSA) is 141 Å². The van der Waals surface area contributed by atoms with Crippen molar-refractivity contribution in [3.8, 4) is 22.6 Å². The lowest BCUT2D eigenvalue weighted by Gasteiger charge is -2.06. The van der Waals surface area contributed by atoms with Crippen LogP contribution in [-0.2, 0) is 0 Å². The number of imidazole rings is 1. The summed E-state index contributed by atoms with van der Waals surface area (Å²) in [6, 6.07) is 12.0. The molecule has 10 heteroatoms. The second-order valence-corrected chi connectivity index (χ2v) is 5.61. The average molecular weight is 362 g/mol. The lowest BCUT2D eigenvalue weighted by Crippen LogP contribution is -1.96. The first-order valence-electron chi connectivity index (χ1n) is 7.74. The van der Waals surface area contributed by atoms with E-state index < -0.39 is 9.85 Å². The summed E-state index contributed by atoms with van der Waals surface area (Å²) in [5.74, 6) is 0.236. The molecule has 0 aliphatic rings. The first-order chi connectivity index (χ1) is 13.0. The molecule has 4 aromatic rings. The second kappa shape index (κ2) is 6.26. The smallest absolute Gasteiger partial charge is 0.270 e. The van der Waals surface area contributed by atoms with Crippen LogP contribution in [0.1, 0.15) is 0 Å². The summed E-state index contributed by atoms with van der Waals surface area (Å²) in [4.78, 5) is 37.0. The number of aromatic amines is 1. The predicted octanol–water partition coefficient (Wildman–Crippen LogP) is 3.50. The monoisotopic (exact) mass is 362 g/mol. The van der Waals surface area contributed by atoms with Gasteiger partial charge in [-0.1, -0.05) is 24.3 Å². The molecule has 0 aliphatic carbocycles. The van der Waals surface area contributed by atoms with E-state index >= 15 is 0 Å². The minimum atomic E-state index is -0.502. The first kappa shape index (κ1) is 16.3. The van der Waals surface area contributed by atoms with Crippen LogP contribution in [-0.4, -0.2) is 29.8 Å². The highest BCUT2D eigenvalue weighted by molar-refractivity contribution is 5.89. The molecule has 132 valence electrons.